The summed E-state index contributed by atoms with van der Waals surface area (Å²) in [5, 5.41) is 0. The van der Waals surface area contributed by atoms with Crippen LogP contribution in [0.2, 0.25) is 0 Å². The van der Waals surface area contributed by atoms with Crippen molar-refractivity contribution >= 4 is 0 Å². The third kappa shape index (κ3) is 2.19. The van der Waals surface area contributed by atoms with Crippen LogP contribution in [0, 0.1) is 0 Å². The lowest BCUT2D eigenvalue weighted by Crippen LogP contribution is -2.10. The summed E-state index contributed by atoms with van der Waals surface area (Å²) in [6.45, 7) is 0. The molecular weight excluding hydrogens is 218 g/mol. The van der Waals surface area contributed by atoms with Gasteiger partial charge in [-0.1, -0.05) is 48.9 Å². The quantitative estimate of drug-likeness (QED) is 0.743. The maximum atomic E-state index is 6.29. The van der Waals surface area contributed by atoms with E-state index in [1.807, 2.05) is 0 Å². The Morgan fingerprint density at radius 1 is 0.889 bits per heavy atom. The molecule has 0 heterocycles. The number of rotatable bonds is 1. The molecule has 0 aliphatic heterocycles. The van der Waals surface area contributed by atoms with E-state index in [1.165, 1.54) is 41.5 Å². The summed E-state index contributed by atoms with van der Waals surface area (Å²) in [4.78, 5) is 0. The van der Waals surface area contributed by atoms with E-state index in [1.54, 1.807) is 0 Å². The molecule has 0 spiro atoms. The number of hydrogen-bond donors (Lipinski definition) is 1. The molecule has 1 aliphatic carbocycles. The molecule has 0 bridgehead atoms. The lowest BCUT2D eigenvalue weighted by atomic mass is 9.94. The number of aryl methyl sites for hydroxylation is 1. The van der Waals surface area contributed by atoms with Crippen molar-refractivity contribution in [2.45, 2.75) is 31.7 Å². The van der Waals surface area contributed by atoms with Gasteiger partial charge in [0, 0.05) is 6.04 Å². The summed E-state index contributed by atoms with van der Waals surface area (Å²) in [5.41, 5.74) is 11.7. The van der Waals surface area contributed by atoms with Crippen LogP contribution in [0.4, 0.5) is 0 Å². The van der Waals surface area contributed by atoms with Crippen molar-refractivity contribution < 1.29 is 0 Å². The van der Waals surface area contributed by atoms with E-state index in [9.17, 15) is 0 Å². The maximum absolute atomic E-state index is 6.29. The summed E-state index contributed by atoms with van der Waals surface area (Å²) < 4.78 is 0. The van der Waals surface area contributed by atoms with Crippen molar-refractivity contribution in [1.82, 2.24) is 0 Å². The molecule has 1 nitrogen and oxygen atoms in total. The number of benzene rings is 2. The highest BCUT2D eigenvalue weighted by Crippen LogP contribution is 2.30. The fourth-order valence-electron chi connectivity index (χ4n) is 2.81. The standard InChI is InChI=1S/C17H19N/c18-17-9-5-4-8-14-10-11-15(12-16(14)17)13-6-2-1-3-7-13/h1-3,6-7,10-12,17H,4-5,8-9,18H2/t17-/m0/s1. The lowest BCUT2D eigenvalue weighted by Gasteiger charge is -2.14. The Labute approximate surface area is 109 Å². The minimum Gasteiger partial charge on any atom is -0.324 e. The fraction of sp³-hybridized carbons (Fsp3) is 0.294. The average molecular weight is 237 g/mol. The van der Waals surface area contributed by atoms with Crippen molar-refractivity contribution in [1.29, 1.82) is 0 Å². The van der Waals surface area contributed by atoms with Crippen molar-refractivity contribution in [2.24, 2.45) is 5.73 Å². The molecule has 2 N–H and O–H groups in total. The van der Waals surface area contributed by atoms with E-state index in [0.717, 1.165) is 6.42 Å². The molecule has 0 unspecified atom stereocenters. The van der Waals surface area contributed by atoms with Gasteiger partial charge in [-0.05, 0) is 47.6 Å². The van der Waals surface area contributed by atoms with Gasteiger partial charge in [0.1, 0.15) is 0 Å². The zero-order valence-corrected chi connectivity index (χ0v) is 10.6. The van der Waals surface area contributed by atoms with E-state index in [-0.39, 0.29) is 6.04 Å². The van der Waals surface area contributed by atoms with Gasteiger partial charge in [-0.15, -0.1) is 0 Å². The monoisotopic (exact) mass is 237 g/mol. The summed E-state index contributed by atoms with van der Waals surface area (Å²) in [6.07, 6.45) is 4.81. The van der Waals surface area contributed by atoms with Gasteiger partial charge >= 0.3 is 0 Å². The first-order chi connectivity index (χ1) is 8.84. The highest BCUT2D eigenvalue weighted by molar-refractivity contribution is 5.65. The molecule has 1 atom stereocenters. The van der Waals surface area contributed by atoms with Crippen molar-refractivity contribution in [3.63, 3.8) is 0 Å². The van der Waals surface area contributed by atoms with E-state index in [0.29, 0.717) is 0 Å². The van der Waals surface area contributed by atoms with Crippen LogP contribution in [0.1, 0.15) is 36.4 Å². The zero-order chi connectivity index (χ0) is 12.4. The number of fused-ring (bicyclic) bond motifs is 1. The van der Waals surface area contributed by atoms with Crippen LogP contribution >= 0.6 is 0 Å². The molecule has 92 valence electrons. The largest absolute Gasteiger partial charge is 0.324 e. The first kappa shape index (κ1) is 11.5. The molecule has 0 amide bonds. The van der Waals surface area contributed by atoms with Crippen LogP contribution in [0.25, 0.3) is 11.1 Å². The second-order valence-corrected chi connectivity index (χ2v) is 5.13. The van der Waals surface area contributed by atoms with Crippen LogP contribution in [-0.2, 0) is 6.42 Å². The van der Waals surface area contributed by atoms with E-state index in [2.05, 4.69) is 48.5 Å². The Hall–Kier alpha value is -1.60. The highest BCUT2D eigenvalue weighted by atomic mass is 14.6. The van der Waals surface area contributed by atoms with Crippen LogP contribution < -0.4 is 5.73 Å². The van der Waals surface area contributed by atoms with Gasteiger partial charge in [-0.25, -0.2) is 0 Å². The molecule has 1 heteroatoms. The predicted molar refractivity (Wildman–Crippen MR) is 76.4 cm³/mol. The second kappa shape index (κ2) is 4.95. The number of nitrogens with two attached hydrogens (primary N) is 1. The van der Waals surface area contributed by atoms with E-state index in [4.69, 9.17) is 5.73 Å². The molecule has 2 aromatic carbocycles. The van der Waals surface area contributed by atoms with E-state index < -0.39 is 0 Å². The molecule has 0 saturated heterocycles. The van der Waals surface area contributed by atoms with Crippen LogP contribution in [0.3, 0.4) is 0 Å². The maximum Gasteiger partial charge on any atom is 0.0297 e. The third-order valence-electron chi connectivity index (χ3n) is 3.86. The highest BCUT2D eigenvalue weighted by Gasteiger charge is 2.15. The van der Waals surface area contributed by atoms with Crippen molar-refractivity contribution in [3.8, 4) is 11.1 Å². The SMILES string of the molecule is N[C@H]1CCCCc2ccc(-c3ccccc3)cc21. The average Bonchev–Trinajstić information content (AvgIpc) is 2.62. The Bertz CT molecular complexity index is 531. The van der Waals surface area contributed by atoms with Gasteiger partial charge in [0.15, 0.2) is 0 Å². The Morgan fingerprint density at radius 2 is 1.72 bits per heavy atom. The van der Waals surface area contributed by atoms with Crippen LogP contribution in [0.15, 0.2) is 48.5 Å². The van der Waals surface area contributed by atoms with Gasteiger partial charge in [0.25, 0.3) is 0 Å². The Balaban J connectivity index is 2.04. The molecule has 18 heavy (non-hydrogen) atoms. The van der Waals surface area contributed by atoms with Crippen LogP contribution in [0.5, 0.6) is 0 Å². The summed E-state index contributed by atoms with van der Waals surface area (Å²) in [6, 6.07) is 17.5. The van der Waals surface area contributed by atoms with Crippen LogP contribution in [-0.4, -0.2) is 0 Å². The minimum absolute atomic E-state index is 0.214. The topological polar surface area (TPSA) is 26.0 Å². The molecule has 3 rings (SSSR count). The number of hydrogen-bond acceptors (Lipinski definition) is 1. The van der Waals surface area contributed by atoms with Gasteiger partial charge in [0.05, 0.1) is 0 Å². The first-order valence-electron chi connectivity index (χ1n) is 6.78. The van der Waals surface area contributed by atoms with Crippen molar-refractivity contribution in [2.75, 3.05) is 0 Å². The van der Waals surface area contributed by atoms with Crippen molar-refractivity contribution in [3.05, 3.63) is 59.7 Å². The molecular formula is C17H19N. The predicted octanol–water partition coefficient (Wildman–Crippen LogP) is 4.08. The third-order valence-corrected chi connectivity index (χ3v) is 3.86. The van der Waals surface area contributed by atoms with Gasteiger partial charge in [0.2, 0.25) is 0 Å². The fourth-order valence-corrected chi connectivity index (χ4v) is 2.81. The molecule has 1 aliphatic rings. The Kier molecular flexibility index (Phi) is 3.16. The molecule has 0 radical (unpaired) electrons. The van der Waals surface area contributed by atoms with Gasteiger partial charge in [-0.2, -0.15) is 0 Å². The summed E-state index contributed by atoms with van der Waals surface area (Å²) in [5.74, 6) is 0. The Morgan fingerprint density at radius 3 is 2.56 bits per heavy atom. The smallest absolute Gasteiger partial charge is 0.0297 e. The molecule has 0 saturated carbocycles. The summed E-state index contributed by atoms with van der Waals surface area (Å²) in [7, 11) is 0. The molecule has 2 aromatic rings. The normalized spacial score (nSPS) is 19.1. The summed E-state index contributed by atoms with van der Waals surface area (Å²) >= 11 is 0. The van der Waals surface area contributed by atoms with Gasteiger partial charge in [-0.3, -0.25) is 0 Å². The lowest BCUT2D eigenvalue weighted by molar-refractivity contribution is 0.615. The molecule has 0 aromatic heterocycles. The van der Waals surface area contributed by atoms with E-state index >= 15 is 0 Å². The van der Waals surface area contributed by atoms with Gasteiger partial charge < -0.3 is 5.73 Å². The zero-order valence-electron chi connectivity index (χ0n) is 10.6. The first-order valence-corrected chi connectivity index (χ1v) is 6.78. The second-order valence-electron chi connectivity index (χ2n) is 5.13. The molecule has 0 fully saturated rings. The minimum atomic E-state index is 0.214.